The van der Waals surface area contributed by atoms with Crippen LogP contribution in [0, 0.1) is 0 Å². The highest BCUT2D eigenvalue weighted by Crippen LogP contribution is 2.23. The second kappa shape index (κ2) is 5.51. The molecule has 1 saturated carbocycles. The molecule has 1 aromatic rings. The van der Waals surface area contributed by atoms with Gasteiger partial charge >= 0.3 is 0 Å². The van der Waals surface area contributed by atoms with Crippen molar-refractivity contribution in [2.45, 2.75) is 50.8 Å². The van der Waals surface area contributed by atoms with Crippen LogP contribution in [0.15, 0.2) is 22.8 Å². The Hall–Kier alpha value is -0.800. The van der Waals surface area contributed by atoms with Crippen LogP contribution in [0.5, 0.6) is 0 Å². The van der Waals surface area contributed by atoms with Gasteiger partial charge in [0, 0.05) is 13.2 Å². The van der Waals surface area contributed by atoms with Gasteiger partial charge in [-0.05, 0) is 31.9 Å². The van der Waals surface area contributed by atoms with Crippen molar-refractivity contribution >= 4 is 0 Å². The lowest BCUT2D eigenvalue weighted by atomic mass is 9.92. The Bertz CT molecular complexity index is 297. The van der Waals surface area contributed by atoms with Gasteiger partial charge in [0.05, 0.1) is 18.4 Å². The summed E-state index contributed by atoms with van der Waals surface area (Å²) in [5, 5.41) is 3.60. The minimum absolute atomic E-state index is 0.260. The van der Waals surface area contributed by atoms with E-state index >= 15 is 0 Å². The van der Waals surface area contributed by atoms with Gasteiger partial charge in [-0.15, -0.1) is 0 Å². The summed E-state index contributed by atoms with van der Waals surface area (Å²) in [6.07, 6.45) is 7.02. The van der Waals surface area contributed by atoms with Crippen LogP contribution < -0.4 is 5.32 Å². The number of rotatable bonds is 4. The fourth-order valence-corrected chi connectivity index (χ4v) is 2.51. The van der Waals surface area contributed by atoms with E-state index in [-0.39, 0.29) is 6.04 Å². The van der Waals surface area contributed by atoms with Crippen molar-refractivity contribution in [2.24, 2.45) is 0 Å². The molecular formula is C13H21NO2. The van der Waals surface area contributed by atoms with Gasteiger partial charge in [0.15, 0.2) is 0 Å². The fourth-order valence-electron chi connectivity index (χ4n) is 2.51. The molecule has 3 nitrogen and oxygen atoms in total. The lowest BCUT2D eigenvalue weighted by molar-refractivity contribution is 0.0375. The fraction of sp³-hybridized carbons (Fsp3) is 0.692. The molecule has 0 saturated heterocycles. The molecule has 0 aromatic carbocycles. The number of furan rings is 1. The highest BCUT2D eigenvalue weighted by molar-refractivity contribution is 5.04. The quantitative estimate of drug-likeness (QED) is 0.852. The summed E-state index contributed by atoms with van der Waals surface area (Å²) >= 11 is 0. The summed E-state index contributed by atoms with van der Waals surface area (Å²) in [4.78, 5) is 0. The van der Waals surface area contributed by atoms with Gasteiger partial charge < -0.3 is 14.5 Å². The van der Waals surface area contributed by atoms with Crippen molar-refractivity contribution in [1.82, 2.24) is 5.32 Å². The van der Waals surface area contributed by atoms with Gasteiger partial charge in [-0.1, -0.05) is 12.8 Å². The van der Waals surface area contributed by atoms with Crippen molar-refractivity contribution in [1.29, 1.82) is 0 Å². The van der Waals surface area contributed by atoms with Crippen LogP contribution in [-0.4, -0.2) is 19.3 Å². The molecule has 0 spiro atoms. The lowest BCUT2D eigenvalue weighted by Gasteiger charge is -2.32. The Balaban J connectivity index is 1.92. The number of methoxy groups -OCH3 is 1. The average molecular weight is 223 g/mol. The number of ether oxygens (including phenoxy) is 1. The molecule has 0 bridgehead atoms. The SMILES string of the molecule is COC1CCCCC1NC(C)c1ccco1. The summed E-state index contributed by atoms with van der Waals surface area (Å²) in [7, 11) is 1.81. The molecule has 1 heterocycles. The van der Waals surface area contributed by atoms with E-state index < -0.39 is 0 Å². The van der Waals surface area contributed by atoms with Crippen LogP contribution in [-0.2, 0) is 4.74 Å². The maximum absolute atomic E-state index is 5.53. The van der Waals surface area contributed by atoms with Crippen molar-refractivity contribution in [3.8, 4) is 0 Å². The molecule has 3 unspecified atom stereocenters. The highest BCUT2D eigenvalue weighted by atomic mass is 16.5. The smallest absolute Gasteiger partial charge is 0.120 e. The molecule has 1 aromatic heterocycles. The van der Waals surface area contributed by atoms with E-state index in [1.165, 1.54) is 25.7 Å². The van der Waals surface area contributed by atoms with Crippen LogP contribution in [0.3, 0.4) is 0 Å². The van der Waals surface area contributed by atoms with Gasteiger partial charge in [-0.25, -0.2) is 0 Å². The summed E-state index contributed by atoms with van der Waals surface area (Å²) in [6, 6.07) is 4.67. The van der Waals surface area contributed by atoms with Crippen molar-refractivity contribution in [2.75, 3.05) is 7.11 Å². The Kier molecular flexibility index (Phi) is 4.02. The van der Waals surface area contributed by atoms with E-state index in [9.17, 15) is 0 Å². The zero-order chi connectivity index (χ0) is 11.4. The largest absolute Gasteiger partial charge is 0.468 e. The Morgan fingerprint density at radius 2 is 2.25 bits per heavy atom. The van der Waals surface area contributed by atoms with Gasteiger partial charge in [0.1, 0.15) is 5.76 Å². The second-order valence-corrected chi connectivity index (χ2v) is 4.57. The predicted molar refractivity (Wildman–Crippen MR) is 63.3 cm³/mol. The van der Waals surface area contributed by atoms with Crippen LogP contribution in [0.25, 0.3) is 0 Å². The molecule has 2 rings (SSSR count). The molecule has 0 aliphatic heterocycles. The molecule has 3 atom stereocenters. The molecule has 1 aliphatic carbocycles. The van der Waals surface area contributed by atoms with Gasteiger partial charge in [-0.2, -0.15) is 0 Å². The number of hydrogen-bond acceptors (Lipinski definition) is 3. The molecule has 0 radical (unpaired) electrons. The van der Waals surface area contributed by atoms with Crippen LogP contribution in [0.2, 0.25) is 0 Å². The Morgan fingerprint density at radius 1 is 1.44 bits per heavy atom. The minimum atomic E-state index is 0.260. The number of hydrogen-bond donors (Lipinski definition) is 1. The Morgan fingerprint density at radius 3 is 2.94 bits per heavy atom. The standard InChI is InChI=1S/C13H21NO2/c1-10(12-8-5-9-16-12)14-11-6-3-4-7-13(11)15-2/h5,8-11,13-14H,3-4,6-7H2,1-2H3. The first-order valence-corrected chi connectivity index (χ1v) is 6.13. The monoisotopic (exact) mass is 223 g/mol. The molecule has 1 N–H and O–H groups in total. The summed E-state index contributed by atoms with van der Waals surface area (Å²) < 4.78 is 10.9. The molecule has 1 fully saturated rings. The third-order valence-electron chi connectivity index (χ3n) is 3.44. The first-order valence-electron chi connectivity index (χ1n) is 6.13. The third kappa shape index (κ3) is 2.66. The first-order chi connectivity index (χ1) is 7.81. The highest BCUT2D eigenvalue weighted by Gasteiger charge is 2.26. The average Bonchev–Trinajstić information content (AvgIpc) is 2.83. The van der Waals surface area contributed by atoms with Crippen LogP contribution in [0.1, 0.15) is 44.4 Å². The van der Waals surface area contributed by atoms with E-state index in [1.807, 2.05) is 19.2 Å². The normalized spacial score (nSPS) is 27.9. The van der Waals surface area contributed by atoms with Crippen LogP contribution in [0.4, 0.5) is 0 Å². The van der Waals surface area contributed by atoms with Crippen molar-refractivity contribution in [3.05, 3.63) is 24.2 Å². The maximum atomic E-state index is 5.53. The maximum Gasteiger partial charge on any atom is 0.120 e. The van der Waals surface area contributed by atoms with Gasteiger partial charge in [-0.3, -0.25) is 0 Å². The molecule has 3 heteroatoms. The van der Waals surface area contributed by atoms with Crippen LogP contribution >= 0.6 is 0 Å². The van der Waals surface area contributed by atoms with E-state index in [4.69, 9.17) is 9.15 Å². The topological polar surface area (TPSA) is 34.4 Å². The van der Waals surface area contributed by atoms with E-state index in [0.29, 0.717) is 12.1 Å². The van der Waals surface area contributed by atoms with Crippen molar-refractivity contribution in [3.63, 3.8) is 0 Å². The Labute approximate surface area is 97.2 Å². The molecule has 90 valence electrons. The molecular weight excluding hydrogens is 202 g/mol. The lowest BCUT2D eigenvalue weighted by Crippen LogP contribution is -2.44. The summed E-state index contributed by atoms with van der Waals surface area (Å²) in [5.74, 6) is 1.00. The predicted octanol–water partition coefficient (Wildman–Crippen LogP) is 2.89. The number of nitrogens with one attached hydrogen (secondary N) is 1. The van der Waals surface area contributed by atoms with Gasteiger partial charge in [0.25, 0.3) is 0 Å². The molecule has 16 heavy (non-hydrogen) atoms. The molecule has 0 amide bonds. The van der Waals surface area contributed by atoms with E-state index in [0.717, 1.165) is 5.76 Å². The van der Waals surface area contributed by atoms with E-state index in [1.54, 1.807) is 6.26 Å². The second-order valence-electron chi connectivity index (χ2n) is 4.57. The first kappa shape index (κ1) is 11.7. The zero-order valence-electron chi connectivity index (χ0n) is 10.1. The molecule has 1 aliphatic rings. The zero-order valence-corrected chi connectivity index (χ0v) is 10.1. The van der Waals surface area contributed by atoms with E-state index in [2.05, 4.69) is 12.2 Å². The van der Waals surface area contributed by atoms with Gasteiger partial charge in [0.2, 0.25) is 0 Å². The third-order valence-corrected chi connectivity index (χ3v) is 3.44. The summed E-state index contributed by atoms with van der Waals surface area (Å²) in [6.45, 7) is 2.14. The minimum Gasteiger partial charge on any atom is -0.468 e. The summed E-state index contributed by atoms with van der Waals surface area (Å²) in [5.41, 5.74) is 0. The van der Waals surface area contributed by atoms with Crippen molar-refractivity contribution < 1.29 is 9.15 Å².